The number of hydrogen-bond acceptors (Lipinski definition) is 0. The number of hydrogen-bond donors (Lipinski definition) is 0. The van der Waals surface area contributed by atoms with Gasteiger partial charge in [0, 0.05) is 5.56 Å². The fraction of sp³-hybridized carbons (Fsp3) is 0.429. The van der Waals surface area contributed by atoms with Crippen LogP contribution in [-0.4, -0.2) is 0 Å². The van der Waals surface area contributed by atoms with Gasteiger partial charge in [-0.1, -0.05) is 37.8 Å². The van der Waals surface area contributed by atoms with E-state index in [4.69, 9.17) is 0 Å². The Bertz CT molecular complexity index is 308. The van der Waals surface area contributed by atoms with Crippen molar-refractivity contribution in [3.63, 3.8) is 0 Å². The molecule has 0 heteroatoms. The predicted molar refractivity (Wildman–Crippen MR) is 62.2 cm³/mol. The molecule has 0 saturated heterocycles. The number of aryl methyl sites for hydroxylation is 1. The van der Waals surface area contributed by atoms with Gasteiger partial charge < -0.3 is 0 Å². The van der Waals surface area contributed by atoms with Crippen LogP contribution < -0.4 is 0 Å². The van der Waals surface area contributed by atoms with Crippen molar-refractivity contribution < 1.29 is 0 Å². The Morgan fingerprint density at radius 2 is 1.79 bits per heavy atom. The summed E-state index contributed by atoms with van der Waals surface area (Å²) in [6.45, 7) is 4.11. The molecule has 0 spiro atoms. The summed E-state index contributed by atoms with van der Waals surface area (Å²) in [7, 11) is 0. The summed E-state index contributed by atoms with van der Waals surface area (Å²) in [6.07, 6.45) is 5.12. The van der Waals surface area contributed by atoms with Gasteiger partial charge in [0.25, 0.3) is 0 Å². The van der Waals surface area contributed by atoms with Crippen molar-refractivity contribution in [1.29, 1.82) is 0 Å². The van der Waals surface area contributed by atoms with Crippen LogP contribution in [0, 0.1) is 11.8 Å². The smallest absolute Gasteiger partial charge is 0.0245 e. The number of unbranched alkanes of at least 4 members (excludes halogenated alkanes) is 2. The molecule has 1 aromatic carbocycles. The van der Waals surface area contributed by atoms with Crippen LogP contribution in [0.4, 0.5) is 0 Å². The molecule has 0 bridgehead atoms. The van der Waals surface area contributed by atoms with Gasteiger partial charge in [0.1, 0.15) is 0 Å². The second kappa shape index (κ2) is 6.27. The van der Waals surface area contributed by atoms with E-state index in [1.165, 1.54) is 31.2 Å². The lowest BCUT2D eigenvalue weighted by atomic mass is 10.1. The van der Waals surface area contributed by atoms with E-state index in [9.17, 15) is 0 Å². The van der Waals surface area contributed by atoms with Crippen LogP contribution in [0.1, 0.15) is 44.2 Å². The van der Waals surface area contributed by atoms with Gasteiger partial charge in [-0.05, 0) is 37.5 Å². The largest absolute Gasteiger partial charge is 0.101 e. The van der Waals surface area contributed by atoms with E-state index in [0.29, 0.717) is 0 Å². The first-order chi connectivity index (χ1) is 6.86. The van der Waals surface area contributed by atoms with E-state index in [2.05, 4.69) is 43.0 Å². The minimum absolute atomic E-state index is 1.12. The zero-order valence-corrected chi connectivity index (χ0v) is 9.14. The highest BCUT2D eigenvalue weighted by Crippen LogP contribution is 2.08. The van der Waals surface area contributed by atoms with Crippen LogP contribution in [0.15, 0.2) is 24.3 Å². The van der Waals surface area contributed by atoms with Crippen LogP contribution in [-0.2, 0) is 6.42 Å². The maximum absolute atomic E-state index is 3.05. The number of rotatable bonds is 4. The lowest BCUT2D eigenvalue weighted by molar-refractivity contribution is 0.717. The Morgan fingerprint density at radius 1 is 1.07 bits per heavy atom. The lowest BCUT2D eigenvalue weighted by Gasteiger charge is -2.00. The summed E-state index contributed by atoms with van der Waals surface area (Å²) in [5.41, 5.74) is 2.55. The Kier molecular flexibility index (Phi) is 4.86. The first-order valence-corrected chi connectivity index (χ1v) is 5.38. The third kappa shape index (κ3) is 3.66. The van der Waals surface area contributed by atoms with Crippen LogP contribution in [0.5, 0.6) is 0 Å². The standard InChI is InChI=1S/C14H18/c1-3-5-6-8-14-11-9-13(7-4-2)10-12-14/h9-12H,3,5-6,8H2,1-2H3. The van der Waals surface area contributed by atoms with Gasteiger partial charge in [0.2, 0.25) is 0 Å². The quantitative estimate of drug-likeness (QED) is 0.495. The molecule has 14 heavy (non-hydrogen) atoms. The van der Waals surface area contributed by atoms with Crippen molar-refractivity contribution in [2.75, 3.05) is 0 Å². The highest BCUT2D eigenvalue weighted by atomic mass is 14.0. The zero-order chi connectivity index (χ0) is 10.2. The monoisotopic (exact) mass is 186 g/mol. The van der Waals surface area contributed by atoms with Crippen LogP contribution in [0.2, 0.25) is 0 Å². The van der Waals surface area contributed by atoms with E-state index in [0.717, 1.165) is 5.56 Å². The van der Waals surface area contributed by atoms with Crippen molar-refractivity contribution in [2.45, 2.75) is 39.5 Å². The minimum Gasteiger partial charge on any atom is -0.101 e. The minimum atomic E-state index is 1.12. The molecular weight excluding hydrogens is 168 g/mol. The molecule has 0 heterocycles. The van der Waals surface area contributed by atoms with E-state index >= 15 is 0 Å². The molecule has 0 aliphatic rings. The number of benzene rings is 1. The van der Waals surface area contributed by atoms with Crippen molar-refractivity contribution in [2.24, 2.45) is 0 Å². The van der Waals surface area contributed by atoms with Crippen LogP contribution in [0.25, 0.3) is 0 Å². The molecule has 0 aromatic heterocycles. The Hall–Kier alpha value is -1.22. The van der Waals surface area contributed by atoms with E-state index < -0.39 is 0 Å². The third-order valence-corrected chi connectivity index (χ3v) is 2.29. The van der Waals surface area contributed by atoms with Gasteiger partial charge >= 0.3 is 0 Å². The summed E-state index contributed by atoms with van der Waals surface area (Å²) in [5.74, 6) is 5.96. The predicted octanol–water partition coefficient (Wildman–Crippen LogP) is 3.79. The van der Waals surface area contributed by atoms with E-state index in [1.807, 2.05) is 6.92 Å². The molecule has 0 aliphatic carbocycles. The molecule has 0 aliphatic heterocycles. The second-order valence-electron chi connectivity index (χ2n) is 3.53. The van der Waals surface area contributed by atoms with Gasteiger partial charge in [-0.3, -0.25) is 0 Å². The molecular formula is C14H18. The Morgan fingerprint density at radius 3 is 2.36 bits per heavy atom. The normalized spacial score (nSPS) is 9.29. The van der Waals surface area contributed by atoms with Crippen LogP contribution in [0.3, 0.4) is 0 Å². The maximum Gasteiger partial charge on any atom is 0.0245 e. The molecule has 0 atom stereocenters. The molecule has 0 radical (unpaired) electrons. The Labute approximate surface area is 87.4 Å². The molecule has 0 nitrogen and oxygen atoms in total. The summed E-state index contributed by atoms with van der Waals surface area (Å²) >= 11 is 0. The van der Waals surface area contributed by atoms with Gasteiger partial charge in [-0.15, -0.1) is 5.92 Å². The van der Waals surface area contributed by atoms with Gasteiger partial charge in [0.05, 0.1) is 0 Å². The van der Waals surface area contributed by atoms with Crippen LogP contribution >= 0.6 is 0 Å². The molecule has 0 amide bonds. The molecule has 1 rings (SSSR count). The lowest BCUT2D eigenvalue weighted by Crippen LogP contribution is -1.85. The zero-order valence-electron chi connectivity index (χ0n) is 9.14. The fourth-order valence-corrected chi connectivity index (χ4v) is 1.48. The summed E-state index contributed by atoms with van der Waals surface area (Å²) < 4.78 is 0. The molecule has 1 aromatic rings. The van der Waals surface area contributed by atoms with Gasteiger partial charge in [-0.2, -0.15) is 0 Å². The molecule has 74 valence electrons. The average Bonchev–Trinajstić information content (AvgIpc) is 2.21. The first-order valence-electron chi connectivity index (χ1n) is 5.38. The molecule has 0 saturated carbocycles. The Balaban J connectivity index is 2.49. The van der Waals surface area contributed by atoms with Crippen molar-refractivity contribution in [3.8, 4) is 11.8 Å². The van der Waals surface area contributed by atoms with Crippen molar-refractivity contribution in [3.05, 3.63) is 35.4 Å². The topological polar surface area (TPSA) is 0 Å². The van der Waals surface area contributed by atoms with Crippen molar-refractivity contribution >= 4 is 0 Å². The first kappa shape index (κ1) is 10.9. The summed E-state index contributed by atoms with van der Waals surface area (Å²) in [5, 5.41) is 0. The fourth-order valence-electron chi connectivity index (χ4n) is 1.48. The molecule has 0 unspecified atom stereocenters. The maximum atomic E-state index is 3.05. The van der Waals surface area contributed by atoms with Gasteiger partial charge in [0.15, 0.2) is 0 Å². The van der Waals surface area contributed by atoms with E-state index in [-0.39, 0.29) is 0 Å². The highest BCUT2D eigenvalue weighted by Gasteiger charge is 1.92. The third-order valence-electron chi connectivity index (χ3n) is 2.29. The second-order valence-corrected chi connectivity index (χ2v) is 3.53. The summed E-state index contributed by atoms with van der Waals surface area (Å²) in [6, 6.07) is 8.60. The summed E-state index contributed by atoms with van der Waals surface area (Å²) in [4.78, 5) is 0. The molecule has 0 fully saturated rings. The van der Waals surface area contributed by atoms with Gasteiger partial charge in [-0.25, -0.2) is 0 Å². The SMILES string of the molecule is CC#Cc1ccc(CCCCC)cc1. The van der Waals surface area contributed by atoms with E-state index in [1.54, 1.807) is 0 Å². The molecule has 0 N–H and O–H groups in total. The highest BCUT2D eigenvalue weighted by molar-refractivity contribution is 5.35. The van der Waals surface area contributed by atoms with Crippen molar-refractivity contribution in [1.82, 2.24) is 0 Å². The average molecular weight is 186 g/mol.